The van der Waals surface area contributed by atoms with Crippen LogP contribution >= 0.6 is 0 Å². The fourth-order valence-electron chi connectivity index (χ4n) is 2.24. The molecule has 5 heteroatoms. The molecule has 98 valence electrons. The molecule has 0 unspecified atom stereocenters. The van der Waals surface area contributed by atoms with Gasteiger partial charge < -0.3 is 5.32 Å². The highest BCUT2D eigenvalue weighted by molar-refractivity contribution is 6.19. The van der Waals surface area contributed by atoms with E-state index in [1.54, 1.807) is 6.07 Å². The first-order chi connectivity index (χ1) is 9.17. The van der Waals surface area contributed by atoms with Crippen LogP contribution in [0.1, 0.15) is 24.0 Å². The number of nitrogens with zero attached hydrogens (tertiary/aromatic N) is 2. The van der Waals surface area contributed by atoms with Gasteiger partial charge in [0, 0.05) is 19.4 Å². The minimum atomic E-state index is -0.299. The van der Waals surface area contributed by atoms with E-state index in [9.17, 15) is 9.59 Å². The third kappa shape index (κ3) is 2.64. The molecule has 0 saturated carbocycles. The van der Waals surface area contributed by atoms with Gasteiger partial charge in [-0.15, -0.1) is 0 Å². The zero-order chi connectivity index (χ0) is 13.8. The van der Waals surface area contributed by atoms with Crippen LogP contribution in [0, 0.1) is 11.3 Å². The highest BCUT2D eigenvalue weighted by atomic mass is 16.2. The van der Waals surface area contributed by atoms with Crippen LogP contribution in [0.4, 0.5) is 5.69 Å². The Labute approximate surface area is 111 Å². The van der Waals surface area contributed by atoms with Crippen molar-refractivity contribution in [2.45, 2.75) is 25.8 Å². The molecule has 0 aromatic heterocycles. The summed E-state index contributed by atoms with van der Waals surface area (Å²) >= 11 is 0. The first-order valence-corrected chi connectivity index (χ1v) is 6.16. The molecule has 5 nitrogen and oxygen atoms in total. The third-order valence-electron chi connectivity index (χ3n) is 3.06. The van der Waals surface area contributed by atoms with Crippen LogP contribution in [-0.4, -0.2) is 18.9 Å². The van der Waals surface area contributed by atoms with E-state index in [1.165, 1.54) is 4.90 Å². The van der Waals surface area contributed by atoms with Crippen molar-refractivity contribution in [2.24, 2.45) is 0 Å². The largest absolute Gasteiger partial charge is 0.316 e. The van der Waals surface area contributed by atoms with Crippen LogP contribution in [0.25, 0.3) is 0 Å². The molecule has 0 saturated heterocycles. The fraction of sp³-hybridized carbons (Fsp3) is 0.357. The van der Waals surface area contributed by atoms with Crippen molar-refractivity contribution in [3.63, 3.8) is 0 Å². The van der Waals surface area contributed by atoms with E-state index >= 15 is 0 Å². The second-order valence-corrected chi connectivity index (χ2v) is 4.45. The highest BCUT2D eigenvalue weighted by Gasteiger charge is 2.31. The number of hydrogen-bond donors (Lipinski definition) is 1. The summed E-state index contributed by atoms with van der Waals surface area (Å²) < 4.78 is 0. The summed E-state index contributed by atoms with van der Waals surface area (Å²) in [5.41, 5.74) is 2.62. The van der Waals surface area contributed by atoms with Crippen LogP contribution in [0.5, 0.6) is 0 Å². The summed E-state index contributed by atoms with van der Waals surface area (Å²) in [6.07, 6.45) is 0.473. The molecular weight excluding hydrogens is 242 g/mol. The molecule has 1 aromatic carbocycles. The summed E-state index contributed by atoms with van der Waals surface area (Å²) in [4.78, 5) is 25.0. The molecule has 0 spiro atoms. The van der Waals surface area contributed by atoms with Gasteiger partial charge in [0.1, 0.15) is 0 Å². The Bertz CT molecular complexity index is 560. The van der Waals surface area contributed by atoms with E-state index in [0.717, 1.165) is 17.7 Å². The van der Waals surface area contributed by atoms with Gasteiger partial charge in [0.25, 0.3) is 0 Å². The van der Waals surface area contributed by atoms with Crippen molar-refractivity contribution in [3.05, 3.63) is 29.3 Å². The zero-order valence-electron chi connectivity index (χ0n) is 10.8. The molecule has 1 aromatic rings. The van der Waals surface area contributed by atoms with Crippen molar-refractivity contribution < 1.29 is 9.59 Å². The molecule has 0 fully saturated rings. The second kappa shape index (κ2) is 5.63. The average Bonchev–Trinajstić information content (AvgIpc) is 2.71. The molecule has 2 amide bonds. The lowest BCUT2D eigenvalue weighted by molar-refractivity contribution is -0.125. The Hall–Kier alpha value is -2.19. The fourth-order valence-corrected chi connectivity index (χ4v) is 2.24. The Balaban J connectivity index is 2.24. The zero-order valence-corrected chi connectivity index (χ0v) is 10.8. The lowest BCUT2D eigenvalue weighted by Crippen LogP contribution is -2.33. The van der Waals surface area contributed by atoms with E-state index in [-0.39, 0.29) is 31.1 Å². The molecule has 2 rings (SSSR count). The van der Waals surface area contributed by atoms with Crippen LogP contribution in [0.15, 0.2) is 18.2 Å². The van der Waals surface area contributed by atoms with E-state index < -0.39 is 0 Å². The summed E-state index contributed by atoms with van der Waals surface area (Å²) in [5.74, 6) is -0.508. The molecule has 1 heterocycles. The molecular formula is C14H15N3O2. The Morgan fingerprint density at radius 3 is 3.00 bits per heavy atom. The predicted octanol–water partition coefficient (Wildman–Crippen LogP) is 1.13. The van der Waals surface area contributed by atoms with Crippen LogP contribution in [0.2, 0.25) is 0 Å². The van der Waals surface area contributed by atoms with Gasteiger partial charge in [-0.25, -0.2) is 4.90 Å². The summed E-state index contributed by atoms with van der Waals surface area (Å²) in [7, 11) is 1.86. The summed E-state index contributed by atoms with van der Waals surface area (Å²) in [6.45, 7) is 0.726. The molecule has 1 N–H and O–H groups in total. The molecule has 1 aliphatic rings. The Morgan fingerprint density at radius 2 is 2.32 bits per heavy atom. The minimum absolute atomic E-state index is 0.0833. The number of hydrogen-bond acceptors (Lipinski definition) is 4. The van der Waals surface area contributed by atoms with Gasteiger partial charge in [-0.05, 0) is 24.2 Å². The van der Waals surface area contributed by atoms with Crippen molar-refractivity contribution in [2.75, 3.05) is 11.9 Å². The van der Waals surface area contributed by atoms with Gasteiger partial charge >= 0.3 is 0 Å². The first kappa shape index (κ1) is 13.2. The molecule has 0 aliphatic carbocycles. The van der Waals surface area contributed by atoms with Crippen LogP contribution in [-0.2, 0) is 22.6 Å². The maximum Gasteiger partial charge on any atom is 0.238 e. The Kier molecular flexibility index (Phi) is 3.93. The number of nitriles is 1. The topological polar surface area (TPSA) is 73.2 Å². The standard InChI is InChI=1S/C14H15N3O2/c1-16-9-10-4-5-12-11(7-10)8-14(19)17(12)13(18)3-2-6-15/h4-5,7,16H,2-3,8-9H2,1H3. The smallest absolute Gasteiger partial charge is 0.238 e. The number of rotatable bonds is 4. The Morgan fingerprint density at radius 1 is 1.53 bits per heavy atom. The van der Waals surface area contributed by atoms with E-state index in [2.05, 4.69) is 5.32 Å². The summed E-state index contributed by atoms with van der Waals surface area (Å²) in [6, 6.07) is 7.57. The van der Waals surface area contributed by atoms with Gasteiger partial charge in [0.05, 0.1) is 18.2 Å². The molecule has 0 bridgehead atoms. The number of amides is 2. The number of benzene rings is 1. The molecule has 0 radical (unpaired) electrons. The monoisotopic (exact) mass is 257 g/mol. The lowest BCUT2D eigenvalue weighted by Gasteiger charge is -2.15. The van der Waals surface area contributed by atoms with Gasteiger partial charge in [0.2, 0.25) is 11.8 Å². The van der Waals surface area contributed by atoms with Crippen LogP contribution in [0.3, 0.4) is 0 Å². The van der Waals surface area contributed by atoms with Crippen LogP contribution < -0.4 is 10.2 Å². The number of nitrogens with one attached hydrogen (secondary N) is 1. The van der Waals surface area contributed by atoms with Gasteiger partial charge in [-0.2, -0.15) is 5.26 Å². The second-order valence-electron chi connectivity index (χ2n) is 4.45. The lowest BCUT2D eigenvalue weighted by atomic mass is 10.1. The van der Waals surface area contributed by atoms with Gasteiger partial charge in [-0.3, -0.25) is 9.59 Å². The molecule has 19 heavy (non-hydrogen) atoms. The van der Waals surface area contributed by atoms with Crippen molar-refractivity contribution in [1.82, 2.24) is 5.32 Å². The molecule has 1 aliphatic heterocycles. The van der Waals surface area contributed by atoms with E-state index in [4.69, 9.17) is 5.26 Å². The maximum atomic E-state index is 11.9. The van der Waals surface area contributed by atoms with Crippen molar-refractivity contribution >= 4 is 17.5 Å². The predicted molar refractivity (Wildman–Crippen MR) is 70.2 cm³/mol. The number of fused-ring (bicyclic) bond motifs is 1. The number of anilines is 1. The van der Waals surface area contributed by atoms with E-state index in [0.29, 0.717) is 5.69 Å². The quantitative estimate of drug-likeness (QED) is 0.877. The van der Waals surface area contributed by atoms with Crippen molar-refractivity contribution in [3.8, 4) is 6.07 Å². The number of imide groups is 1. The van der Waals surface area contributed by atoms with Gasteiger partial charge in [0.15, 0.2) is 0 Å². The number of carbonyl (C=O) groups is 2. The highest BCUT2D eigenvalue weighted by Crippen LogP contribution is 2.30. The maximum absolute atomic E-state index is 11.9. The van der Waals surface area contributed by atoms with Gasteiger partial charge in [-0.1, -0.05) is 12.1 Å². The first-order valence-electron chi connectivity index (χ1n) is 6.16. The number of carbonyl (C=O) groups excluding carboxylic acids is 2. The third-order valence-corrected chi connectivity index (χ3v) is 3.06. The average molecular weight is 257 g/mol. The van der Waals surface area contributed by atoms with E-state index in [1.807, 2.05) is 25.2 Å². The molecule has 0 atom stereocenters. The summed E-state index contributed by atoms with van der Waals surface area (Å²) in [5, 5.41) is 11.5. The minimum Gasteiger partial charge on any atom is -0.316 e. The van der Waals surface area contributed by atoms with Crippen molar-refractivity contribution in [1.29, 1.82) is 5.26 Å². The normalized spacial score (nSPS) is 13.3. The SMILES string of the molecule is CNCc1ccc2c(c1)CC(=O)N2C(=O)CCC#N.